The summed E-state index contributed by atoms with van der Waals surface area (Å²) in [7, 11) is 1.17. The lowest BCUT2D eigenvalue weighted by Crippen LogP contribution is -2.24. The Hall–Kier alpha value is -1.20. The van der Waals surface area contributed by atoms with Crippen LogP contribution in [0, 0.1) is 11.6 Å². The van der Waals surface area contributed by atoms with Gasteiger partial charge < -0.3 is 15.6 Å². The van der Waals surface area contributed by atoms with Gasteiger partial charge in [-0.1, -0.05) is 0 Å². The first-order valence-electron chi connectivity index (χ1n) is 4.44. The summed E-state index contributed by atoms with van der Waals surface area (Å²) in [6.45, 7) is 1.55. The van der Waals surface area contributed by atoms with E-state index < -0.39 is 29.5 Å². The van der Waals surface area contributed by atoms with Gasteiger partial charge in [-0.15, -0.1) is 0 Å². The van der Waals surface area contributed by atoms with Gasteiger partial charge in [0.2, 0.25) is 0 Å². The van der Waals surface area contributed by atoms with Crippen molar-refractivity contribution in [2.45, 2.75) is 19.1 Å². The van der Waals surface area contributed by atoms with Crippen LogP contribution >= 0.6 is 0 Å². The molecular weight excluding hydrogens is 204 g/mol. The van der Waals surface area contributed by atoms with Gasteiger partial charge in [-0.25, -0.2) is 8.78 Å². The lowest BCUT2D eigenvalue weighted by Gasteiger charge is -2.15. The molecule has 0 radical (unpaired) electrons. The Morgan fingerprint density at radius 2 is 1.80 bits per heavy atom. The quantitative estimate of drug-likeness (QED) is 0.803. The van der Waals surface area contributed by atoms with Crippen molar-refractivity contribution < 1.29 is 18.6 Å². The number of aliphatic hydroxyl groups is 1. The highest BCUT2D eigenvalue weighted by molar-refractivity contribution is 5.32. The van der Waals surface area contributed by atoms with Crippen molar-refractivity contribution in [2.75, 3.05) is 7.11 Å². The summed E-state index contributed by atoms with van der Waals surface area (Å²) >= 11 is 0. The molecule has 0 saturated carbocycles. The first-order chi connectivity index (χ1) is 6.97. The molecule has 84 valence electrons. The van der Waals surface area contributed by atoms with E-state index in [9.17, 15) is 13.9 Å². The topological polar surface area (TPSA) is 55.5 Å². The van der Waals surface area contributed by atoms with Crippen molar-refractivity contribution >= 4 is 0 Å². The van der Waals surface area contributed by atoms with Gasteiger partial charge in [0.1, 0.15) is 0 Å². The first-order valence-corrected chi connectivity index (χ1v) is 4.44. The normalized spacial score (nSPS) is 14.8. The molecule has 0 spiro atoms. The van der Waals surface area contributed by atoms with E-state index in [1.54, 1.807) is 6.92 Å². The molecule has 1 rings (SSSR count). The molecule has 15 heavy (non-hydrogen) atoms. The second-order valence-electron chi connectivity index (χ2n) is 3.32. The molecule has 0 fully saturated rings. The fourth-order valence-corrected chi connectivity index (χ4v) is 1.25. The van der Waals surface area contributed by atoms with Crippen molar-refractivity contribution in [2.24, 2.45) is 5.73 Å². The molecule has 5 heteroatoms. The SMILES string of the molecule is COc1c(F)cc(C(O)C(C)N)cc1F. The molecule has 0 aliphatic heterocycles. The average molecular weight is 217 g/mol. The van der Waals surface area contributed by atoms with Crippen LogP contribution in [0.15, 0.2) is 12.1 Å². The molecule has 3 nitrogen and oxygen atoms in total. The van der Waals surface area contributed by atoms with Crippen LogP contribution in [0.2, 0.25) is 0 Å². The number of halogens is 2. The molecule has 3 N–H and O–H groups in total. The fraction of sp³-hybridized carbons (Fsp3) is 0.400. The maximum atomic E-state index is 13.2. The van der Waals surface area contributed by atoms with Crippen molar-refractivity contribution in [3.63, 3.8) is 0 Å². The third-order valence-electron chi connectivity index (χ3n) is 2.06. The van der Waals surface area contributed by atoms with E-state index in [-0.39, 0.29) is 5.56 Å². The van der Waals surface area contributed by atoms with Crippen LogP contribution in [0.3, 0.4) is 0 Å². The zero-order valence-corrected chi connectivity index (χ0v) is 8.50. The minimum Gasteiger partial charge on any atom is -0.491 e. The number of benzene rings is 1. The molecular formula is C10H13F2NO2. The molecule has 0 aromatic heterocycles. The highest BCUT2D eigenvalue weighted by atomic mass is 19.1. The Morgan fingerprint density at radius 1 is 1.33 bits per heavy atom. The lowest BCUT2D eigenvalue weighted by atomic mass is 10.0. The zero-order chi connectivity index (χ0) is 11.6. The molecule has 0 amide bonds. The highest BCUT2D eigenvalue weighted by Gasteiger charge is 2.18. The predicted octanol–water partition coefficient (Wildman–Crippen LogP) is 1.35. The van der Waals surface area contributed by atoms with Crippen molar-refractivity contribution in [3.05, 3.63) is 29.3 Å². The van der Waals surface area contributed by atoms with Gasteiger partial charge in [0, 0.05) is 6.04 Å². The maximum absolute atomic E-state index is 13.2. The molecule has 2 unspecified atom stereocenters. The van der Waals surface area contributed by atoms with E-state index >= 15 is 0 Å². The van der Waals surface area contributed by atoms with Crippen LogP contribution in [-0.2, 0) is 0 Å². The Morgan fingerprint density at radius 3 is 2.13 bits per heavy atom. The van der Waals surface area contributed by atoms with Crippen LogP contribution < -0.4 is 10.5 Å². The Balaban J connectivity index is 3.14. The van der Waals surface area contributed by atoms with Crippen molar-refractivity contribution in [3.8, 4) is 5.75 Å². The fourth-order valence-electron chi connectivity index (χ4n) is 1.25. The molecule has 0 bridgehead atoms. The Bertz CT molecular complexity index is 332. The summed E-state index contributed by atoms with van der Waals surface area (Å²) < 4.78 is 30.9. The van der Waals surface area contributed by atoms with E-state index in [1.807, 2.05) is 0 Å². The molecule has 0 aliphatic rings. The van der Waals surface area contributed by atoms with Gasteiger partial charge in [-0.05, 0) is 24.6 Å². The van der Waals surface area contributed by atoms with Crippen LogP contribution in [0.1, 0.15) is 18.6 Å². The zero-order valence-electron chi connectivity index (χ0n) is 8.50. The number of methoxy groups -OCH3 is 1. The second kappa shape index (κ2) is 4.55. The third kappa shape index (κ3) is 2.43. The van der Waals surface area contributed by atoms with E-state index in [2.05, 4.69) is 4.74 Å². The molecule has 0 aliphatic carbocycles. The van der Waals surface area contributed by atoms with E-state index in [0.29, 0.717) is 0 Å². The molecule has 2 atom stereocenters. The van der Waals surface area contributed by atoms with Crippen molar-refractivity contribution in [1.29, 1.82) is 0 Å². The monoisotopic (exact) mass is 217 g/mol. The van der Waals surface area contributed by atoms with Crippen LogP contribution in [0.4, 0.5) is 8.78 Å². The minimum atomic E-state index is -1.10. The van der Waals surface area contributed by atoms with Gasteiger partial charge >= 0.3 is 0 Å². The largest absolute Gasteiger partial charge is 0.491 e. The van der Waals surface area contributed by atoms with Gasteiger partial charge in [0.05, 0.1) is 13.2 Å². The van der Waals surface area contributed by atoms with Gasteiger partial charge in [-0.2, -0.15) is 0 Å². The molecule has 0 heterocycles. The summed E-state index contributed by atoms with van der Waals surface area (Å²) in [6.07, 6.45) is -1.10. The van der Waals surface area contributed by atoms with Crippen LogP contribution in [0.5, 0.6) is 5.75 Å². The Labute approximate surface area is 86.5 Å². The average Bonchev–Trinajstić information content (AvgIpc) is 2.15. The molecule has 1 aromatic carbocycles. The summed E-state index contributed by atoms with van der Waals surface area (Å²) in [6, 6.07) is 1.42. The van der Waals surface area contributed by atoms with Crippen molar-refractivity contribution in [1.82, 2.24) is 0 Å². The highest BCUT2D eigenvalue weighted by Crippen LogP contribution is 2.26. The summed E-state index contributed by atoms with van der Waals surface area (Å²) in [5, 5.41) is 9.51. The second-order valence-corrected chi connectivity index (χ2v) is 3.32. The number of hydrogen-bond acceptors (Lipinski definition) is 3. The standard InChI is InChI=1S/C10H13F2NO2/c1-5(13)9(14)6-3-7(11)10(15-2)8(12)4-6/h3-5,9,14H,13H2,1-2H3. The summed E-state index contributed by atoms with van der Waals surface area (Å²) in [5.41, 5.74) is 5.51. The summed E-state index contributed by atoms with van der Waals surface area (Å²) in [5.74, 6) is -2.17. The first kappa shape index (κ1) is 11.9. The number of hydrogen-bond donors (Lipinski definition) is 2. The van der Waals surface area contributed by atoms with E-state index in [4.69, 9.17) is 5.73 Å². The predicted molar refractivity (Wildman–Crippen MR) is 51.5 cm³/mol. The number of aliphatic hydroxyl groups excluding tert-OH is 1. The van der Waals surface area contributed by atoms with Gasteiger partial charge in [0.25, 0.3) is 0 Å². The van der Waals surface area contributed by atoms with E-state index in [0.717, 1.165) is 12.1 Å². The molecule has 0 saturated heterocycles. The smallest absolute Gasteiger partial charge is 0.190 e. The third-order valence-corrected chi connectivity index (χ3v) is 2.06. The van der Waals surface area contributed by atoms with Crippen LogP contribution in [-0.4, -0.2) is 18.3 Å². The minimum absolute atomic E-state index is 0.0980. The van der Waals surface area contributed by atoms with E-state index in [1.165, 1.54) is 7.11 Å². The number of rotatable bonds is 3. The summed E-state index contributed by atoms with van der Waals surface area (Å²) in [4.78, 5) is 0. The maximum Gasteiger partial charge on any atom is 0.190 e. The van der Waals surface area contributed by atoms with Gasteiger partial charge in [-0.3, -0.25) is 0 Å². The lowest BCUT2D eigenvalue weighted by molar-refractivity contribution is 0.152. The molecule has 1 aromatic rings. The number of ether oxygens (including phenoxy) is 1. The van der Waals surface area contributed by atoms with Gasteiger partial charge in [0.15, 0.2) is 17.4 Å². The number of nitrogens with two attached hydrogens (primary N) is 1. The van der Waals surface area contributed by atoms with Crippen LogP contribution in [0.25, 0.3) is 0 Å². The Kier molecular flexibility index (Phi) is 3.60.